The van der Waals surface area contributed by atoms with Crippen molar-refractivity contribution < 1.29 is 14.6 Å². The molecule has 2 aromatic rings. The van der Waals surface area contributed by atoms with E-state index in [-0.39, 0.29) is 6.10 Å². The predicted molar refractivity (Wildman–Crippen MR) is 81.5 cm³/mol. The molecule has 1 unspecified atom stereocenters. The van der Waals surface area contributed by atoms with E-state index in [0.717, 1.165) is 47.7 Å². The highest BCUT2D eigenvalue weighted by Gasteiger charge is 2.24. The first kappa shape index (κ1) is 14.0. The third-order valence-electron chi connectivity index (χ3n) is 4.16. The summed E-state index contributed by atoms with van der Waals surface area (Å²) in [4.78, 5) is 0. The molecule has 4 heteroatoms. The zero-order valence-corrected chi connectivity index (χ0v) is 12.7. The first-order valence-electron chi connectivity index (χ1n) is 7.26. The second kappa shape index (κ2) is 5.45. The molecule has 0 radical (unpaired) electrons. The molecule has 1 aliphatic carbocycles. The monoisotopic (exact) mass is 287 g/mol. The van der Waals surface area contributed by atoms with Gasteiger partial charge in [-0.1, -0.05) is 0 Å². The van der Waals surface area contributed by atoms with Gasteiger partial charge in [0.25, 0.3) is 0 Å². The maximum absolute atomic E-state index is 10.2. The molecule has 1 atom stereocenters. The summed E-state index contributed by atoms with van der Waals surface area (Å²) in [7, 11) is 3.31. The van der Waals surface area contributed by atoms with Gasteiger partial charge < -0.3 is 19.1 Å². The van der Waals surface area contributed by atoms with Crippen molar-refractivity contribution in [1.82, 2.24) is 4.57 Å². The Hall–Kier alpha value is -1.94. The molecule has 0 saturated carbocycles. The number of aryl methyl sites for hydroxylation is 1. The van der Waals surface area contributed by atoms with E-state index in [4.69, 9.17) is 9.47 Å². The van der Waals surface area contributed by atoms with E-state index in [1.165, 1.54) is 5.69 Å². The highest BCUT2D eigenvalue weighted by molar-refractivity contribution is 5.50. The molecule has 0 bridgehead atoms. The van der Waals surface area contributed by atoms with Gasteiger partial charge in [-0.25, -0.2) is 0 Å². The molecular formula is C17H21NO3. The molecule has 0 aliphatic heterocycles. The van der Waals surface area contributed by atoms with E-state index < -0.39 is 0 Å². The van der Waals surface area contributed by atoms with Gasteiger partial charge >= 0.3 is 0 Å². The predicted octanol–water partition coefficient (Wildman–Crippen LogP) is 3.17. The van der Waals surface area contributed by atoms with Crippen molar-refractivity contribution in [1.29, 1.82) is 0 Å². The highest BCUT2D eigenvalue weighted by Crippen LogP contribution is 2.35. The molecule has 112 valence electrons. The lowest BCUT2D eigenvalue weighted by Gasteiger charge is -2.21. The summed E-state index contributed by atoms with van der Waals surface area (Å²) in [6.07, 6.45) is 2.50. The van der Waals surface area contributed by atoms with Crippen LogP contribution in [-0.2, 0) is 6.42 Å². The number of aromatic nitrogens is 1. The topological polar surface area (TPSA) is 43.6 Å². The minimum absolute atomic E-state index is 0.346. The molecule has 1 aromatic carbocycles. The number of hydrogen-bond acceptors (Lipinski definition) is 3. The summed E-state index contributed by atoms with van der Waals surface area (Å²) < 4.78 is 12.9. The largest absolute Gasteiger partial charge is 0.497 e. The Balaban J connectivity index is 2.17. The van der Waals surface area contributed by atoms with Crippen molar-refractivity contribution in [3.63, 3.8) is 0 Å². The normalized spacial score (nSPS) is 17.4. The Morgan fingerprint density at radius 3 is 2.38 bits per heavy atom. The van der Waals surface area contributed by atoms with Gasteiger partial charge in [0, 0.05) is 35.2 Å². The van der Waals surface area contributed by atoms with Crippen LogP contribution in [0.1, 0.15) is 35.9 Å². The maximum Gasteiger partial charge on any atom is 0.124 e. The molecular weight excluding hydrogens is 266 g/mol. The molecule has 1 aromatic heterocycles. The van der Waals surface area contributed by atoms with Gasteiger partial charge in [-0.2, -0.15) is 0 Å². The summed E-state index contributed by atoms with van der Waals surface area (Å²) in [5.41, 5.74) is 4.39. The molecule has 21 heavy (non-hydrogen) atoms. The van der Waals surface area contributed by atoms with Crippen molar-refractivity contribution in [3.05, 3.63) is 41.2 Å². The lowest BCUT2D eigenvalue weighted by molar-refractivity contribution is 0.156. The Labute approximate surface area is 124 Å². The average molecular weight is 287 g/mol. The first-order valence-corrected chi connectivity index (χ1v) is 7.26. The number of ether oxygens (including phenoxy) is 2. The zero-order chi connectivity index (χ0) is 15.0. The van der Waals surface area contributed by atoms with Crippen molar-refractivity contribution in [2.45, 2.75) is 32.3 Å². The standard InChI is InChI=1S/C17H21NO3/c1-11-7-15-16(5-4-6-17(15)19)18(11)12-8-13(20-2)10-14(9-12)21-3/h7-10,17,19H,4-6H2,1-3H3. The second-order valence-electron chi connectivity index (χ2n) is 5.50. The summed E-state index contributed by atoms with van der Waals surface area (Å²) in [6.45, 7) is 2.07. The van der Waals surface area contributed by atoms with Gasteiger partial charge in [0.15, 0.2) is 0 Å². The molecule has 1 N–H and O–H groups in total. The number of aliphatic hydroxyl groups is 1. The smallest absolute Gasteiger partial charge is 0.124 e. The number of rotatable bonds is 3. The fourth-order valence-corrected chi connectivity index (χ4v) is 3.16. The number of fused-ring (bicyclic) bond motifs is 1. The minimum Gasteiger partial charge on any atom is -0.497 e. The number of benzene rings is 1. The summed E-state index contributed by atoms with van der Waals surface area (Å²) >= 11 is 0. The average Bonchev–Trinajstić information content (AvgIpc) is 2.84. The second-order valence-corrected chi connectivity index (χ2v) is 5.50. The molecule has 3 rings (SSSR count). The minimum atomic E-state index is -0.346. The van der Waals surface area contributed by atoms with Crippen LogP contribution in [0.4, 0.5) is 0 Å². The Kier molecular flexibility index (Phi) is 3.64. The fraction of sp³-hybridized carbons (Fsp3) is 0.412. The molecule has 0 saturated heterocycles. The SMILES string of the molecule is COc1cc(OC)cc(-n2c(C)cc3c2CCCC3O)c1. The third kappa shape index (κ3) is 2.40. The van der Waals surface area contributed by atoms with Crippen LogP contribution in [0.5, 0.6) is 11.5 Å². The Bertz CT molecular complexity index is 638. The van der Waals surface area contributed by atoms with E-state index in [9.17, 15) is 5.11 Å². The van der Waals surface area contributed by atoms with Crippen LogP contribution in [0.3, 0.4) is 0 Å². The third-order valence-corrected chi connectivity index (χ3v) is 4.16. The van der Waals surface area contributed by atoms with Gasteiger partial charge in [-0.3, -0.25) is 0 Å². The van der Waals surface area contributed by atoms with Gasteiger partial charge in [-0.05, 0) is 32.3 Å². The number of nitrogens with zero attached hydrogens (tertiary/aromatic N) is 1. The van der Waals surface area contributed by atoms with Crippen molar-refractivity contribution in [2.24, 2.45) is 0 Å². The molecule has 1 aliphatic rings. The molecule has 4 nitrogen and oxygen atoms in total. The molecule has 0 spiro atoms. The molecule has 1 heterocycles. The van der Waals surface area contributed by atoms with Crippen LogP contribution in [0, 0.1) is 6.92 Å². The van der Waals surface area contributed by atoms with Crippen LogP contribution in [0.2, 0.25) is 0 Å². The molecule has 0 fully saturated rings. The lowest BCUT2D eigenvalue weighted by atomic mass is 9.95. The van der Waals surface area contributed by atoms with Crippen LogP contribution in [0.15, 0.2) is 24.3 Å². The fourth-order valence-electron chi connectivity index (χ4n) is 3.16. The number of methoxy groups -OCH3 is 2. The zero-order valence-electron chi connectivity index (χ0n) is 12.7. The summed E-state index contributed by atoms with van der Waals surface area (Å²) in [5.74, 6) is 1.53. The van der Waals surface area contributed by atoms with E-state index in [1.54, 1.807) is 14.2 Å². The van der Waals surface area contributed by atoms with Crippen molar-refractivity contribution in [3.8, 4) is 17.2 Å². The van der Waals surface area contributed by atoms with Crippen LogP contribution in [-0.4, -0.2) is 23.9 Å². The quantitative estimate of drug-likeness (QED) is 0.943. The van der Waals surface area contributed by atoms with Gasteiger partial charge in [-0.15, -0.1) is 0 Å². The Morgan fingerprint density at radius 1 is 1.10 bits per heavy atom. The summed E-state index contributed by atoms with van der Waals surface area (Å²) in [5, 5.41) is 10.2. The van der Waals surface area contributed by atoms with Gasteiger partial charge in [0.1, 0.15) is 11.5 Å². The highest BCUT2D eigenvalue weighted by atomic mass is 16.5. The van der Waals surface area contributed by atoms with E-state index in [0.29, 0.717) is 0 Å². The van der Waals surface area contributed by atoms with Gasteiger partial charge in [0.2, 0.25) is 0 Å². The van der Waals surface area contributed by atoms with E-state index in [1.807, 2.05) is 18.2 Å². The van der Waals surface area contributed by atoms with Crippen molar-refractivity contribution in [2.75, 3.05) is 14.2 Å². The maximum atomic E-state index is 10.2. The number of aliphatic hydroxyl groups excluding tert-OH is 1. The molecule has 0 amide bonds. The van der Waals surface area contributed by atoms with E-state index >= 15 is 0 Å². The van der Waals surface area contributed by atoms with Gasteiger partial charge in [0.05, 0.1) is 26.0 Å². The first-order chi connectivity index (χ1) is 10.1. The lowest BCUT2D eigenvalue weighted by Crippen LogP contribution is -2.11. The van der Waals surface area contributed by atoms with Crippen LogP contribution in [0.25, 0.3) is 5.69 Å². The van der Waals surface area contributed by atoms with Crippen LogP contribution < -0.4 is 9.47 Å². The Morgan fingerprint density at radius 2 is 1.76 bits per heavy atom. The van der Waals surface area contributed by atoms with E-state index in [2.05, 4.69) is 17.6 Å². The summed E-state index contributed by atoms with van der Waals surface area (Å²) in [6, 6.07) is 7.95. The van der Waals surface area contributed by atoms with Crippen LogP contribution >= 0.6 is 0 Å². The number of hydrogen-bond donors (Lipinski definition) is 1. The van der Waals surface area contributed by atoms with Crippen molar-refractivity contribution >= 4 is 0 Å².